The number of nitrogens with zero attached hydrogens (tertiary/aromatic N) is 2. The molecule has 6 nitrogen and oxygen atoms in total. The minimum absolute atomic E-state index is 0.313. The number of benzene rings is 4. The number of hydrogen-bond acceptors (Lipinski definition) is 6. The highest BCUT2D eigenvalue weighted by atomic mass is 35.5. The molecule has 5 rings (SSSR count). The monoisotopic (exact) mass is 572 g/mol. The van der Waals surface area contributed by atoms with Crippen molar-refractivity contribution >= 4 is 57.5 Å². The number of amides is 1. The molecule has 0 atom stereocenters. The second-order valence-corrected chi connectivity index (χ2v) is 10.1. The maximum atomic E-state index is 12.6. The molecule has 0 fully saturated rings. The molecule has 9 heteroatoms. The van der Waals surface area contributed by atoms with E-state index in [9.17, 15) is 4.79 Å². The van der Waals surface area contributed by atoms with Crippen LogP contribution >= 0.6 is 34.5 Å². The Morgan fingerprint density at radius 1 is 0.949 bits per heavy atom. The summed E-state index contributed by atoms with van der Waals surface area (Å²) < 4.78 is 5.85. The molecule has 2 N–H and O–H groups in total. The summed E-state index contributed by atoms with van der Waals surface area (Å²) in [7, 11) is 0. The number of ether oxygens (including phenoxy) is 1. The van der Waals surface area contributed by atoms with Crippen molar-refractivity contribution in [1.82, 2.24) is 10.4 Å². The van der Waals surface area contributed by atoms with Crippen LogP contribution in [-0.4, -0.2) is 17.1 Å². The number of hydrogen-bond donors (Lipinski definition) is 2. The number of carbonyl (C=O) groups excluding carboxylic acids is 1. The molecule has 0 aliphatic heterocycles. The lowest BCUT2D eigenvalue weighted by Crippen LogP contribution is -2.17. The van der Waals surface area contributed by atoms with Crippen LogP contribution in [0.25, 0.3) is 11.3 Å². The van der Waals surface area contributed by atoms with Crippen molar-refractivity contribution in [3.05, 3.63) is 129 Å². The number of rotatable bonds is 9. The van der Waals surface area contributed by atoms with Gasteiger partial charge in [0.2, 0.25) is 0 Å². The fourth-order valence-electron chi connectivity index (χ4n) is 3.60. The van der Waals surface area contributed by atoms with Crippen LogP contribution in [0.3, 0.4) is 0 Å². The van der Waals surface area contributed by atoms with Gasteiger partial charge in [0, 0.05) is 37.8 Å². The molecule has 0 radical (unpaired) electrons. The van der Waals surface area contributed by atoms with E-state index in [0.717, 1.165) is 33.2 Å². The quantitative estimate of drug-likeness (QED) is 0.138. The van der Waals surface area contributed by atoms with Gasteiger partial charge in [0.05, 0.1) is 11.9 Å². The molecule has 194 valence electrons. The zero-order valence-corrected chi connectivity index (χ0v) is 22.8. The maximum Gasteiger partial charge on any atom is 0.271 e. The molecular formula is C30H22Cl2N4O2S. The van der Waals surface area contributed by atoms with Gasteiger partial charge < -0.3 is 10.1 Å². The summed E-state index contributed by atoms with van der Waals surface area (Å²) in [4.78, 5) is 17.2. The van der Waals surface area contributed by atoms with Gasteiger partial charge in [-0.25, -0.2) is 10.4 Å². The third-order valence-corrected chi connectivity index (χ3v) is 7.01. The lowest BCUT2D eigenvalue weighted by atomic mass is 10.1. The normalized spacial score (nSPS) is 10.9. The van der Waals surface area contributed by atoms with Crippen LogP contribution in [0.2, 0.25) is 10.0 Å². The van der Waals surface area contributed by atoms with Crippen LogP contribution in [0, 0.1) is 0 Å². The molecule has 1 amide bonds. The average molecular weight is 574 g/mol. The number of nitrogens with one attached hydrogen (secondary N) is 2. The van der Waals surface area contributed by atoms with Crippen molar-refractivity contribution in [2.45, 2.75) is 6.61 Å². The largest absolute Gasteiger partial charge is 0.489 e. The first-order valence-corrected chi connectivity index (χ1v) is 13.6. The van der Waals surface area contributed by atoms with Crippen molar-refractivity contribution in [1.29, 1.82) is 0 Å². The molecule has 4 aromatic carbocycles. The summed E-state index contributed by atoms with van der Waals surface area (Å²) in [5, 5.41) is 11.4. The molecule has 0 unspecified atom stereocenters. The Morgan fingerprint density at radius 2 is 1.74 bits per heavy atom. The minimum atomic E-state index is -0.313. The molecule has 1 aromatic heterocycles. The van der Waals surface area contributed by atoms with E-state index >= 15 is 0 Å². The lowest BCUT2D eigenvalue weighted by molar-refractivity contribution is 0.0955. The van der Waals surface area contributed by atoms with E-state index < -0.39 is 0 Å². The number of carbonyl (C=O) groups is 1. The van der Waals surface area contributed by atoms with Gasteiger partial charge in [-0.2, -0.15) is 5.10 Å². The van der Waals surface area contributed by atoms with Gasteiger partial charge >= 0.3 is 0 Å². The highest BCUT2D eigenvalue weighted by molar-refractivity contribution is 7.14. The van der Waals surface area contributed by atoms with E-state index in [1.165, 1.54) is 11.3 Å². The lowest BCUT2D eigenvalue weighted by Gasteiger charge is -2.08. The van der Waals surface area contributed by atoms with Gasteiger partial charge in [0.25, 0.3) is 5.91 Å². The Kier molecular flexibility index (Phi) is 8.53. The smallest absolute Gasteiger partial charge is 0.271 e. The molecule has 0 spiro atoms. The van der Waals surface area contributed by atoms with Crippen LogP contribution in [0.5, 0.6) is 5.75 Å². The second kappa shape index (κ2) is 12.6. The Labute approximate surface area is 239 Å². The fraction of sp³-hybridized carbons (Fsp3) is 0.0333. The Bertz CT molecular complexity index is 1600. The highest BCUT2D eigenvalue weighted by Crippen LogP contribution is 2.28. The predicted octanol–water partition coefficient (Wildman–Crippen LogP) is 8.20. The van der Waals surface area contributed by atoms with Crippen molar-refractivity contribution in [3.8, 4) is 17.0 Å². The van der Waals surface area contributed by atoms with E-state index in [-0.39, 0.29) is 5.91 Å². The van der Waals surface area contributed by atoms with Crippen molar-refractivity contribution < 1.29 is 9.53 Å². The van der Waals surface area contributed by atoms with Gasteiger partial charge in [-0.15, -0.1) is 11.3 Å². The van der Waals surface area contributed by atoms with E-state index in [4.69, 9.17) is 27.9 Å². The van der Waals surface area contributed by atoms with E-state index in [0.29, 0.717) is 28.0 Å². The number of aromatic nitrogens is 1. The predicted molar refractivity (Wildman–Crippen MR) is 160 cm³/mol. The number of hydrazone groups is 1. The van der Waals surface area contributed by atoms with E-state index in [1.807, 2.05) is 90.3 Å². The fourth-order valence-corrected chi connectivity index (χ4v) is 4.66. The topological polar surface area (TPSA) is 75.6 Å². The summed E-state index contributed by atoms with van der Waals surface area (Å²) >= 11 is 13.6. The first-order chi connectivity index (χ1) is 19.0. The third-order valence-electron chi connectivity index (χ3n) is 5.63. The highest BCUT2D eigenvalue weighted by Gasteiger charge is 2.08. The zero-order valence-electron chi connectivity index (χ0n) is 20.5. The number of halogens is 2. The first kappa shape index (κ1) is 26.4. The molecule has 1 heterocycles. The first-order valence-electron chi connectivity index (χ1n) is 11.9. The van der Waals surface area contributed by atoms with E-state index in [2.05, 4.69) is 20.8 Å². The van der Waals surface area contributed by atoms with Crippen LogP contribution in [0.15, 0.2) is 108 Å². The molecule has 5 aromatic rings. The SMILES string of the molecule is O=C(N/N=C\c1cccc(OCc2ccccc2Cl)c1)c1ccc(-c2csc(Nc3ccc(Cl)cc3)n2)cc1. The molecule has 0 saturated carbocycles. The molecule has 0 bridgehead atoms. The second-order valence-electron chi connectivity index (χ2n) is 8.40. The molecule has 39 heavy (non-hydrogen) atoms. The van der Waals surface area contributed by atoms with Crippen LogP contribution in [-0.2, 0) is 6.61 Å². The molecule has 0 aliphatic carbocycles. The van der Waals surface area contributed by atoms with Crippen LogP contribution < -0.4 is 15.5 Å². The number of thiazole rings is 1. The van der Waals surface area contributed by atoms with E-state index in [1.54, 1.807) is 18.3 Å². The van der Waals surface area contributed by atoms with Gasteiger partial charge in [-0.1, -0.05) is 65.7 Å². The standard InChI is InChI=1S/C30H22Cl2N4O2S/c31-24-12-14-25(15-13-24)34-30-35-28(19-39-30)21-8-10-22(11-9-21)29(37)36-33-17-20-4-3-6-26(16-20)38-18-23-5-1-2-7-27(23)32/h1-17,19H,18H2,(H,34,35)(H,36,37)/b33-17-. The number of anilines is 2. The van der Waals surface area contributed by atoms with Gasteiger partial charge in [-0.05, 0) is 60.2 Å². The maximum absolute atomic E-state index is 12.6. The molecule has 0 aliphatic rings. The van der Waals surface area contributed by atoms with Crippen molar-refractivity contribution in [2.75, 3.05) is 5.32 Å². The molecular weight excluding hydrogens is 551 g/mol. The Morgan fingerprint density at radius 3 is 2.54 bits per heavy atom. The van der Waals surface area contributed by atoms with Crippen LogP contribution in [0.4, 0.5) is 10.8 Å². The third kappa shape index (κ3) is 7.23. The van der Waals surface area contributed by atoms with Crippen LogP contribution in [0.1, 0.15) is 21.5 Å². The van der Waals surface area contributed by atoms with Gasteiger partial charge in [0.1, 0.15) is 12.4 Å². The summed E-state index contributed by atoms with van der Waals surface area (Å²) in [6.45, 7) is 0.355. The summed E-state index contributed by atoms with van der Waals surface area (Å²) in [5.41, 5.74) is 7.38. The Balaban J connectivity index is 1.15. The summed E-state index contributed by atoms with van der Waals surface area (Å²) in [5.74, 6) is 0.363. The minimum Gasteiger partial charge on any atom is -0.489 e. The molecule has 0 saturated heterocycles. The van der Waals surface area contributed by atoms with Crippen molar-refractivity contribution in [2.24, 2.45) is 5.10 Å². The van der Waals surface area contributed by atoms with Gasteiger partial charge in [0.15, 0.2) is 5.13 Å². The zero-order chi connectivity index (χ0) is 27.0. The van der Waals surface area contributed by atoms with Gasteiger partial charge in [-0.3, -0.25) is 4.79 Å². The van der Waals surface area contributed by atoms with Crippen molar-refractivity contribution in [3.63, 3.8) is 0 Å². The Hall–Kier alpha value is -4.17. The summed E-state index contributed by atoms with van der Waals surface area (Å²) in [6.07, 6.45) is 1.57. The average Bonchev–Trinajstić information content (AvgIpc) is 3.43. The summed E-state index contributed by atoms with van der Waals surface area (Å²) in [6, 6.07) is 29.6.